The molecule has 3 amide bonds. The first-order valence-corrected chi connectivity index (χ1v) is 9.80. The third-order valence-corrected chi connectivity index (χ3v) is 5.79. The summed E-state index contributed by atoms with van der Waals surface area (Å²) in [6.45, 7) is 7.93. The van der Waals surface area contributed by atoms with E-state index in [0.717, 1.165) is 19.3 Å². The maximum absolute atomic E-state index is 13.0. The largest absolute Gasteiger partial charge is 0.342 e. The van der Waals surface area contributed by atoms with Gasteiger partial charge in [0.1, 0.15) is 11.6 Å². The van der Waals surface area contributed by atoms with Crippen LogP contribution < -0.4 is 5.32 Å². The van der Waals surface area contributed by atoms with Crippen molar-refractivity contribution in [3.05, 3.63) is 0 Å². The first kappa shape index (κ1) is 18.2. The molecule has 3 fully saturated rings. The first-order valence-electron chi connectivity index (χ1n) is 9.80. The average molecular weight is 349 g/mol. The zero-order valence-corrected chi connectivity index (χ0v) is 15.7. The Morgan fingerprint density at radius 1 is 1.24 bits per heavy atom. The van der Waals surface area contributed by atoms with Gasteiger partial charge in [-0.2, -0.15) is 0 Å². The monoisotopic (exact) mass is 349 g/mol. The van der Waals surface area contributed by atoms with Crippen LogP contribution in [0.15, 0.2) is 0 Å². The van der Waals surface area contributed by atoms with E-state index in [1.165, 1.54) is 0 Å². The van der Waals surface area contributed by atoms with Gasteiger partial charge in [-0.1, -0.05) is 20.8 Å². The van der Waals surface area contributed by atoms with Gasteiger partial charge in [-0.15, -0.1) is 0 Å². The van der Waals surface area contributed by atoms with Crippen molar-refractivity contribution in [2.24, 2.45) is 11.8 Å². The summed E-state index contributed by atoms with van der Waals surface area (Å²) in [6, 6.07) is -0.407. The summed E-state index contributed by atoms with van der Waals surface area (Å²) >= 11 is 0. The fourth-order valence-corrected chi connectivity index (χ4v) is 4.24. The lowest BCUT2D eigenvalue weighted by molar-refractivity contribution is -0.163. The van der Waals surface area contributed by atoms with Crippen LogP contribution in [0.2, 0.25) is 0 Å². The highest BCUT2D eigenvalue weighted by molar-refractivity contribution is 6.00. The van der Waals surface area contributed by atoms with E-state index in [4.69, 9.17) is 0 Å². The second-order valence-electron chi connectivity index (χ2n) is 8.28. The van der Waals surface area contributed by atoms with Crippen LogP contribution in [0, 0.1) is 11.8 Å². The number of carbonyl (C=O) groups excluding carboxylic acids is 3. The summed E-state index contributed by atoms with van der Waals surface area (Å²) in [7, 11) is 0. The molecule has 3 aliphatic rings. The van der Waals surface area contributed by atoms with Crippen LogP contribution in [0.25, 0.3) is 0 Å². The average Bonchev–Trinajstić information content (AvgIpc) is 3.41. The standard InChI is InChI=1S/C19H31N3O3/c1-4-9-22-17(24)15(12-13(2)3)20-18(25)19(22)7-10-21(11-8-19)16(23)14-5-6-14/h13-15H,4-12H2,1-3H3,(H,20,25). The lowest BCUT2D eigenvalue weighted by Crippen LogP contribution is -2.73. The van der Waals surface area contributed by atoms with Gasteiger partial charge < -0.3 is 15.1 Å². The van der Waals surface area contributed by atoms with Crippen molar-refractivity contribution in [1.29, 1.82) is 0 Å². The van der Waals surface area contributed by atoms with Gasteiger partial charge in [-0.25, -0.2) is 0 Å². The predicted octanol–water partition coefficient (Wildman–Crippen LogP) is 1.54. The van der Waals surface area contributed by atoms with Gasteiger partial charge in [0.15, 0.2) is 0 Å². The van der Waals surface area contributed by atoms with Gasteiger partial charge in [-0.05, 0) is 44.4 Å². The minimum atomic E-state index is -0.763. The van der Waals surface area contributed by atoms with Crippen molar-refractivity contribution in [2.75, 3.05) is 19.6 Å². The summed E-state index contributed by atoms with van der Waals surface area (Å²) < 4.78 is 0. The molecule has 1 saturated carbocycles. The van der Waals surface area contributed by atoms with E-state index in [9.17, 15) is 14.4 Å². The van der Waals surface area contributed by atoms with Gasteiger partial charge in [0.2, 0.25) is 17.7 Å². The molecular formula is C19H31N3O3. The molecule has 0 radical (unpaired) electrons. The van der Waals surface area contributed by atoms with Crippen LogP contribution in [0.5, 0.6) is 0 Å². The molecule has 1 spiro atoms. The Morgan fingerprint density at radius 2 is 1.88 bits per heavy atom. The Hall–Kier alpha value is -1.59. The summed E-state index contributed by atoms with van der Waals surface area (Å²) in [4.78, 5) is 42.1. The zero-order valence-electron chi connectivity index (χ0n) is 15.7. The van der Waals surface area contributed by atoms with Gasteiger partial charge >= 0.3 is 0 Å². The van der Waals surface area contributed by atoms with Crippen LogP contribution in [0.1, 0.15) is 59.3 Å². The van der Waals surface area contributed by atoms with Crippen molar-refractivity contribution in [3.8, 4) is 0 Å². The number of nitrogens with zero attached hydrogens (tertiary/aromatic N) is 2. The topological polar surface area (TPSA) is 69.7 Å². The molecule has 0 aromatic carbocycles. The highest BCUT2D eigenvalue weighted by Crippen LogP contribution is 2.37. The minimum absolute atomic E-state index is 0.0234. The van der Waals surface area contributed by atoms with Crippen LogP contribution >= 0.6 is 0 Å². The van der Waals surface area contributed by atoms with Crippen molar-refractivity contribution in [2.45, 2.75) is 70.9 Å². The van der Waals surface area contributed by atoms with Crippen molar-refractivity contribution >= 4 is 17.7 Å². The van der Waals surface area contributed by atoms with E-state index in [-0.39, 0.29) is 23.6 Å². The Morgan fingerprint density at radius 3 is 2.40 bits per heavy atom. The Bertz CT molecular complexity index is 548. The molecule has 1 atom stereocenters. The quantitative estimate of drug-likeness (QED) is 0.818. The molecule has 140 valence electrons. The SMILES string of the molecule is CCCN1C(=O)C(CC(C)C)NC(=O)C12CCN(C(=O)C1CC1)CC2. The number of hydrogen-bond donors (Lipinski definition) is 1. The van der Waals surface area contributed by atoms with E-state index in [0.29, 0.717) is 44.8 Å². The van der Waals surface area contributed by atoms with E-state index in [1.807, 2.05) is 16.7 Å². The number of amides is 3. The molecule has 2 heterocycles. The zero-order chi connectivity index (χ0) is 18.2. The summed E-state index contributed by atoms with van der Waals surface area (Å²) in [5.74, 6) is 0.821. The molecule has 1 aliphatic carbocycles. The summed E-state index contributed by atoms with van der Waals surface area (Å²) in [6.07, 6.45) is 4.61. The number of piperidine rings is 1. The highest BCUT2D eigenvalue weighted by Gasteiger charge is 2.54. The second-order valence-corrected chi connectivity index (χ2v) is 8.28. The molecule has 0 aromatic rings. The number of hydrogen-bond acceptors (Lipinski definition) is 3. The van der Waals surface area contributed by atoms with E-state index in [1.54, 1.807) is 0 Å². The Labute approximate surface area is 150 Å². The number of carbonyl (C=O) groups is 3. The number of piperazine rings is 1. The van der Waals surface area contributed by atoms with Crippen molar-refractivity contribution in [3.63, 3.8) is 0 Å². The smallest absolute Gasteiger partial charge is 0.246 e. The molecule has 2 saturated heterocycles. The van der Waals surface area contributed by atoms with Crippen LogP contribution in [-0.4, -0.2) is 58.7 Å². The number of rotatable bonds is 5. The molecule has 1 N–H and O–H groups in total. The van der Waals surface area contributed by atoms with Gasteiger partial charge in [0.05, 0.1) is 0 Å². The lowest BCUT2D eigenvalue weighted by atomic mass is 9.80. The summed E-state index contributed by atoms with van der Waals surface area (Å²) in [5, 5.41) is 2.99. The highest BCUT2D eigenvalue weighted by atomic mass is 16.2. The fourth-order valence-electron chi connectivity index (χ4n) is 4.24. The number of nitrogens with one attached hydrogen (secondary N) is 1. The van der Waals surface area contributed by atoms with Gasteiger partial charge in [-0.3, -0.25) is 14.4 Å². The van der Waals surface area contributed by atoms with Crippen molar-refractivity contribution in [1.82, 2.24) is 15.1 Å². The molecule has 6 nitrogen and oxygen atoms in total. The lowest BCUT2D eigenvalue weighted by Gasteiger charge is -2.51. The van der Waals surface area contributed by atoms with E-state index >= 15 is 0 Å². The minimum Gasteiger partial charge on any atom is -0.342 e. The van der Waals surface area contributed by atoms with Crippen LogP contribution in [-0.2, 0) is 14.4 Å². The maximum Gasteiger partial charge on any atom is 0.246 e. The third-order valence-electron chi connectivity index (χ3n) is 5.79. The molecule has 25 heavy (non-hydrogen) atoms. The molecule has 0 bridgehead atoms. The molecule has 0 aromatic heterocycles. The first-order chi connectivity index (χ1) is 11.9. The van der Waals surface area contributed by atoms with E-state index in [2.05, 4.69) is 19.2 Å². The second kappa shape index (κ2) is 6.96. The normalized spacial score (nSPS) is 26.3. The van der Waals surface area contributed by atoms with E-state index < -0.39 is 11.6 Å². The summed E-state index contributed by atoms with van der Waals surface area (Å²) in [5.41, 5.74) is -0.763. The van der Waals surface area contributed by atoms with Crippen LogP contribution in [0.4, 0.5) is 0 Å². The maximum atomic E-state index is 13.0. The fraction of sp³-hybridized carbons (Fsp3) is 0.842. The Kier molecular flexibility index (Phi) is 5.07. The molecule has 6 heteroatoms. The third kappa shape index (κ3) is 3.40. The van der Waals surface area contributed by atoms with Gasteiger partial charge in [0, 0.05) is 25.6 Å². The molecular weight excluding hydrogens is 318 g/mol. The van der Waals surface area contributed by atoms with Crippen LogP contribution in [0.3, 0.4) is 0 Å². The predicted molar refractivity (Wildman–Crippen MR) is 94.7 cm³/mol. The Balaban J connectivity index is 1.75. The molecule has 1 unspecified atom stereocenters. The molecule has 3 rings (SSSR count). The molecule has 2 aliphatic heterocycles. The number of likely N-dealkylation sites (tertiary alicyclic amines) is 1. The van der Waals surface area contributed by atoms with Crippen molar-refractivity contribution < 1.29 is 14.4 Å². The van der Waals surface area contributed by atoms with Gasteiger partial charge in [0.25, 0.3) is 0 Å².